The standard InChI is InChI=1S/C23H19F3N2O5/c1-32-19-9-12(16-10-20(29)28-21-15(16)6-7-27-21)4-5-18(19)33-11-14-3-2-13(22(30)31)8-17(14)23(24,25)26/h2-6,8-9,16H,7,10-11H2,1H3,(H,30,31)(H,27,28,29). The minimum atomic E-state index is -4.74. The number of amidine groups is 1. The molecule has 1 atom stereocenters. The predicted molar refractivity (Wildman–Crippen MR) is 112 cm³/mol. The lowest BCUT2D eigenvalue weighted by Crippen LogP contribution is -2.38. The van der Waals surface area contributed by atoms with Crippen molar-refractivity contribution in [3.63, 3.8) is 0 Å². The van der Waals surface area contributed by atoms with Crippen LogP contribution in [0.25, 0.3) is 0 Å². The molecule has 1 fully saturated rings. The first-order chi connectivity index (χ1) is 15.7. The van der Waals surface area contributed by atoms with Crippen molar-refractivity contribution in [1.82, 2.24) is 5.32 Å². The summed E-state index contributed by atoms with van der Waals surface area (Å²) in [5.41, 5.74) is -0.0465. The van der Waals surface area contributed by atoms with Gasteiger partial charge >= 0.3 is 12.1 Å². The summed E-state index contributed by atoms with van der Waals surface area (Å²) in [4.78, 5) is 27.4. The number of halogens is 3. The zero-order chi connectivity index (χ0) is 23.8. The van der Waals surface area contributed by atoms with Gasteiger partial charge in [-0.25, -0.2) is 4.79 Å². The average Bonchev–Trinajstić information content (AvgIpc) is 3.24. The Balaban J connectivity index is 1.58. The molecular weight excluding hydrogens is 441 g/mol. The summed E-state index contributed by atoms with van der Waals surface area (Å²) in [7, 11) is 1.41. The molecule has 0 radical (unpaired) electrons. The number of amides is 1. The highest BCUT2D eigenvalue weighted by molar-refractivity contribution is 6.12. The Kier molecular flexibility index (Phi) is 5.84. The minimum Gasteiger partial charge on any atom is -0.493 e. The number of aliphatic imine (C=N–C) groups is 1. The Morgan fingerprint density at radius 1 is 1.21 bits per heavy atom. The second-order valence-corrected chi connectivity index (χ2v) is 7.53. The molecular formula is C23H19F3N2O5. The number of hydrogen-bond donors (Lipinski definition) is 2. The van der Waals surface area contributed by atoms with Gasteiger partial charge in [0.25, 0.3) is 0 Å². The number of nitrogens with one attached hydrogen (secondary N) is 1. The van der Waals surface area contributed by atoms with Gasteiger partial charge in [-0.2, -0.15) is 13.2 Å². The van der Waals surface area contributed by atoms with Crippen LogP contribution in [0.4, 0.5) is 13.2 Å². The van der Waals surface area contributed by atoms with E-state index in [0.29, 0.717) is 24.2 Å². The van der Waals surface area contributed by atoms with Crippen LogP contribution in [0.5, 0.6) is 11.5 Å². The number of methoxy groups -OCH3 is 1. The fourth-order valence-corrected chi connectivity index (χ4v) is 3.89. The zero-order valence-corrected chi connectivity index (χ0v) is 17.4. The van der Waals surface area contributed by atoms with Crippen molar-refractivity contribution in [2.45, 2.75) is 25.1 Å². The lowest BCUT2D eigenvalue weighted by Gasteiger charge is -2.26. The maximum Gasteiger partial charge on any atom is 0.416 e. The number of rotatable bonds is 6. The fourth-order valence-electron chi connectivity index (χ4n) is 3.89. The Morgan fingerprint density at radius 2 is 2.00 bits per heavy atom. The monoisotopic (exact) mass is 460 g/mol. The Hall–Kier alpha value is -3.82. The third-order valence-corrected chi connectivity index (χ3v) is 5.49. The molecule has 33 heavy (non-hydrogen) atoms. The van der Waals surface area contributed by atoms with Gasteiger partial charge in [0.15, 0.2) is 11.5 Å². The zero-order valence-electron chi connectivity index (χ0n) is 17.4. The summed E-state index contributed by atoms with van der Waals surface area (Å²) in [6, 6.07) is 7.76. The maximum absolute atomic E-state index is 13.4. The molecule has 7 nitrogen and oxygen atoms in total. The van der Waals surface area contributed by atoms with Crippen molar-refractivity contribution < 1.29 is 37.3 Å². The van der Waals surface area contributed by atoms with E-state index in [9.17, 15) is 22.8 Å². The molecule has 2 aliphatic heterocycles. The fraction of sp³-hybridized carbons (Fsp3) is 0.261. The molecule has 1 unspecified atom stereocenters. The van der Waals surface area contributed by atoms with E-state index in [1.165, 1.54) is 7.11 Å². The van der Waals surface area contributed by atoms with Crippen LogP contribution in [-0.2, 0) is 17.6 Å². The second-order valence-electron chi connectivity index (χ2n) is 7.53. The molecule has 2 aromatic rings. The van der Waals surface area contributed by atoms with E-state index in [1.54, 1.807) is 18.2 Å². The Labute approximate surface area is 186 Å². The number of hydrogen-bond acceptors (Lipinski definition) is 5. The lowest BCUT2D eigenvalue weighted by molar-refractivity contribution is -0.138. The van der Waals surface area contributed by atoms with Gasteiger partial charge < -0.3 is 19.9 Å². The lowest BCUT2D eigenvalue weighted by atomic mass is 9.85. The van der Waals surface area contributed by atoms with E-state index in [1.807, 2.05) is 6.08 Å². The van der Waals surface area contributed by atoms with Crippen molar-refractivity contribution in [2.75, 3.05) is 13.7 Å². The quantitative estimate of drug-likeness (QED) is 0.681. The molecule has 2 aromatic carbocycles. The van der Waals surface area contributed by atoms with Gasteiger partial charge in [-0.3, -0.25) is 9.79 Å². The van der Waals surface area contributed by atoms with Gasteiger partial charge in [0, 0.05) is 23.5 Å². The highest BCUT2D eigenvalue weighted by Crippen LogP contribution is 2.39. The van der Waals surface area contributed by atoms with Crippen LogP contribution in [0.2, 0.25) is 0 Å². The van der Waals surface area contributed by atoms with Crippen LogP contribution >= 0.6 is 0 Å². The number of aromatic carboxylic acids is 1. The number of ether oxygens (including phenoxy) is 2. The largest absolute Gasteiger partial charge is 0.493 e. The van der Waals surface area contributed by atoms with Crippen molar-refractivity contribution in [3.05, 3.63) is 70.3 Å². The van der Waals surface area contributed by atoms with Crippen LogP contribution in [0.3, 0.4) is 0 Å². The topological polar surface area (TPSA) is 97.2 Å². The average molecular weight is 460 g/mol. The van der Waals surface area contributed by atoms with Crippen molar-refractivity contribution >= 4 is 17.7 Å². The van der Waals surface area contributed by atoms with E-state index in [-0.39, 0.29) is 29.6 Å². The van der Waals surface area contributed by atoms with Crippen LogP contribution in [0, 0.1) is 0 Å². The number of carboxylic acid groups (broad SMARTS) is 1. The van der Waals surface area contributed by atoms with Crippen LogP contribution in [0.15, 0.2) is 53.0 Å². The first-order valence-electron chi connectivity index (χ1n) is 9.96. The summed E-state index contributed by atoms with van der Waals surface area (Å²) in [5, 5.41) is 11.7. The first kappa shape index (κ1) is 22.4. The van der Waals surface area contributed by atoms with Crippen molar-refractivity contribution in [2.24, 2.45) is 4.99 Å². The normalized spacial score (nSPS) is 17.6. The van der Waals surface area contributed by atoms with Gasteiger partial charge in [-0.15, -0.1) is 0 Å². The molecule has 0 aromatic heterocycles. The summed E-state index contributed by atoms with van der Waals surface area (Å²) < 4.78 is 51.3. The van der Waals surface area contributed by atoms with Gasteiger partial charge in [0.1, 0.15) is 12.4 Å². The number of carbonyl (C=O) groups excluding carboxylic acids is 1. The van der Waals surface area contributed by atoms with Gasteiger partial charge in [-0.05, 0) is 29.8 Å². The molecule has 0 aliphatic carbocycles. The van der Waals surface area contributed by atoms with Gasteiger partial charge in [-0.1, -0.05) is 18.2 Å². The van der Waals surface area contributed by atoms with Gasteiger partial charge in [0.05, 0.1) is 24.8 Å². The highest BCUT2D eigenvalue weighted by Gasteiger charge is 2.35. The minimum absolute atomic E-state index is 0.151. The van der Waals surface area contributed by atoms with Crippen LogP contribution in [-0.4, -0.2) is 36.5 Å². The van der Waals surface area contributed by atoms with Crippen LogP contribution < -0.4 is 14.8 Å². The number of carbonyl (C=O) groups is 2. The van der Waals surface area contributed by atoms with Crippen molar-refractivity contribution in [3.8, 4) is 11.5 Å². The molecule has 0 saturated carbocycles. The van der Waals surface area contributed by atoms with Gasteiger partial charge in [0.2, 0.25) is 5.91 Å². The third kappa shape index (κ3) is 4.55. The van der Waals surface area contributed by atoms with Crippen LogP contribution in [0.1, 0.15) is 39.4 Å². The van der Waals surface area contributed by atoms with Crippen molar-refractivity contribution in [1.29, 1.82) is 0 Å². The molecule has 172 valence electrons. The SMILES string of the molecule is COc1cc(C2CC(=O)NC3=NCC=C32)ccc1OCc1ccc(C(=O)O)cc1C(F)(F)F. The third-order valence-electron chi connectivity index (χ3n) is 5.49. The molecule has 2 N–H and O–H groups in total. The molecule has 2 heterocycles. The van der Waals surface area contributed by atoms with E-state index in [0.717, 1.165) is 23.3 Å². The molecule has 10 heteroatoms. The molecule has 0 spiro atoms. The second kappa shape index (κ2) is 8.61. The summed E-state index contributed by atoms with van der Waals surface area (Å²) in [5.74, 6) is -0.755. The Bertz CT molecular complexity index is 1190. The summed E-state index contributed by atoms with van der Waals surface area (Å²) in [6.45, 7) is 0.0419. The number of nitrogens with zero attached hydrogens (tertiary/aromatic N) is 1. The molecule has 2 aliphatic rings. The molecule has 0 bridgehead atoms. The van der Waals surface area contributed by atoms with E-state index in [4.69, 9.17) is 14.6 Å². The summed E-state index contributed by atoms with van der Waals surface area (Å²) in [6.07, 6.45) is -2.57. The van der Waals surface area contributed by atoms with E-state index >= 15 is 0 Å². The predicted octanol–water partition coefficient (Wildman–Crippen LogP) is 3.93. The number of alkyl halides is 3. The van der Waals surface area contributed by atoms with E-state index < -0.39 is 29.9 Å². The molecule has 1 saturated heterocycles. The maximum atomic E-state index is 13.4. The first-order valence-corrected chi connectivity index (χ1v) is 9.96. The summed E-state index contributed by atoms with van der Waals surface area (Å²) >= 11 is 0. The molecule has 4 rings (SSSR count). The number of piperidine rings is 1. The van der Waals surface area contributed by atoms with E-state index in [2.05, 4.69) is 10.3 Å². The smallest absolute Gasteiger partial charge is 0.416 e. The molecule has 1 amide bonds. The Morgan fingerprint density at radius 3 is 2.70 bits per heavy atom. The number of benzene rings is 2. The number of fused-ring (bicyclic) bond motifs is 1. The number of carboxylic acids is 1. The highest BCUT2D eigenvalue weighted by atomic mass is 19.4.